The van der Waals surface area contributed by atoms with E-state index < -0.39 is 23.7 Å². The Morgan fingerprint density at radius 2 is 1.57 bits per heavy atom. The van der Waals surface area contributed by atoms with Crippen LogP contribution in [0.25, 0.3) is 0 Å². The average Bonchev–Trinajstić information content (AvgIpc) is 2.74. The maximum Gasteiger partial charge on any atom is 0.337 e. The molecule has 7 nitrogen and oxygen atoms in total. The summed E-state index contributed by atoms with van der Waals surface area (Å²) in [5.74, 6) is -1.92. The van der Waals surface area contributed by atoms with Gasteiger partial charge in [-0.05, 0) is 42.0 Å². The van der Waals surface area contributed by atoms with E-state index in [9.17, 15) is 19.5 Å². The molecule has 0 aromatic heterocycles. The minimum atomic E-state index is -1.19. The first-order valence-electron chi connectivity index (χ1n) is 9.16. The number of carboxylic acids is 1. The van der Waals surface area contributed by atoms with Crippen molar-refractivity contribution in [1.82, 2.24) is 5.32 Å². The standard InChI is InChI=1S/C23H20N2O5/c24-19-13-16(8-11-18(19)23(29)30)21(27)20(12-14-6-9-17(26)10-7-14)25-22(28)15-4-2-1-3-5-15/h1-11,13,20,26H,12,24H2,(H,25,28)(H,29,30). The van der Waals surface area contributed by atoms with Crippen LogP contribution in [0.5, 0.6) is 5.75 Å². The van der Waals surface area contributed by atoms with Crippen molar-refractivity contribution in [3.63, 3.8) is 0 Å². The molecular formula is C23H20N2O5. The van der Waals surface area contributed by atoms with Gasteiger partial charge in [-0.2, -0.15) is 0 Å². The maximum absolute atomic E-state index is 13.1. The number of hydrogen-bond donors (Lipinski definition) is 4. The van der Waals surface area contributed by atoms with Crippen LogP contribution in [0.1, 0.15) is 36.6 Å². The topological polar surface area (TPSA) is 130 Å². The second-order valence-electron chi connectivity index (χ2n) is 6.73. The molecule has 0 saturated heterocycles. The van der Waals surface area contributed by atoms with Crippen molar-refractivity contribution in [3.8, 4) is 5.75 Å². The summed E-state index contributed by atoms with van der Waals surface area (Å²) < 4.78 is 0. The lowest BCUT2D eigenvalue weighted by atomic mass is 9.96. The zero-order valence-electron chi connectivity index (χ0n) is 15.9. The van der Waals surface area contributed by atoms with Crippen molar-refractivity contribution < 1.29 is 24.6 Å². The van der Waals surface area contributed by atoms with E-state index in [1.165, 1.54) is 30.3 Å². The van der Waals surface area contributed by atoms with E-state index in [1.54, 1.807) is 42.5 Å². The van der Waals surface area contributed by atoms with Crippen LogP contribution in [0.15, 0.2) is 72.8 Å². The van der Waals surface area contributed by atoms with Crippen LogP contribution in [0.4, 0.5) is 5.69 Å². The first kappa shape index (κ1) is 20.6. The molecule has 0 saturated carbocycles. The van der Waals surface area contributed by atoms with Gasteiger partial charge in [0.05, 0.1) is 11.6 Å². The zero-order valence-corrected chi connectivity index (χ0v) is 15.9. The van der Waals surface area contributed by atoms with Crippen molar-refractivity contribution >= 4 is 23.3 Å². The van der Waals surface area contributed by atoms with Gasteiger partial charge in [0.1, 0.15) is 5.75 Å². The smallest absolute Gasteiger partial charge is 0.337 e. The van der Waals surface area contributed by atoms with Crippen LogP contribution in [0, 0.1) is 0 Å². The molecule has 0 heterocycles. The Morgan fingerprint density at radius 1 is 0.900 bits per heavy atom. The zero-order chi connectivity index (χ0) is 21.7. The van der Waals surface area contributed by atoms with Crippen LogP contribution in [-0.4, -0.2) is 33.9 Å². The van der Waals surface area contributed by atoms with Crippen molar-refractivity contribution in [1.29, 1.82) is 0 Å². The molecule has 30 heavy (non-hydrogen) atoms. The van der Waals surface area contributed by atoms with Crippen LogP contribution in [-0.2, 0) is 6.42 Å². The normalized spacial score (nSPS) is 11.5. The fourth-order valence-corrected chi connectivity index (χ4v) is 3.02. The summed E-state index contributed by atoms with van der Waals surface area (Å²) in [6.07, 6.45) is 0.179. The van der Waals surface area contributed by atoms with Gasteiger partial charge in [0.25, 0.3) is 5.91 Å². The third-order valence-corrected chi connectivity index (χ3v) is 4.60. The number of carbonyl (C=O) groups excluding carboxylic acids is 2. The molecule has 7 heteroatoms. The van der Waals surface area contributed by atoms with E-state index in [2.05, 4.69) is 5.32 Å². The maximum atomic E-state index is 13.1. The lowest BCUT2D eigenvalue weighted by Crippen LogP contribution is -2.42. The summed E-state index contributed by atoms with van der Waals surface area (Å²) >= 11 is 0. The summed E-state index contributed by atoms with van der Waals surface area (Å²) in [6.45, 7) is 0. The molecule has 0 fully saturated rings. The van der Waals surface area contributed by atoms with Crippen LogP contribution >= 0.6 is 0 Å². The lowest BCUT2D eigenvalue weighted by molar-refractivity contribution is 0.0697. The number of aromatic hydroxyl groups is 1. The van der Waals surface area contributed by atoms with Crippen LogP contribution in [0.3, 0.4) is 0 Å². The molecule has 0 aliphatic heterocycles. The van der Waals surface area contributed by atoms with Crippen LogP contribution < -0.4 is 11.1 Å². The number of phenols is 1. The van der Waals surface area contributed by atoms with E-state index in [4.69, 9.17) is 10.8 Å². The van der Waals surface area contributed by atoms with Gasteiger partial charge in [-0.3, -0.25) is 9.59 Å². The van der Waals surface area contributed by atoms with Crippen LogP contribution in [0.2, 0.25) is 0 Å². The van der Waals surface area contributed by atoms with E-state index in [0.29, 0.717) is 5.56 Å². The number of carbonyl (C=O) groups is 3. The molecule has 3 aromatic rings. The fourth-order valence-electron chi connectivity index (χ4n) is 3.02. The molecule has 5 N–H and O–H groups in total. The third kappa shape index (κ3) is 4.82. The first-order chi connectivity index (χ1) is 14.3. The van der Waals surface area contributed by atoms with E-state index in [1.807, 2.05) is 0 Å². The van der Waals surface area contributed by atoms with Gasteiger partial charge in [0, 0.05) is 23.2 Å². The lowest BCUT2D eigenvalue weighted by Gasteiger charge is -2.19. The molecule has 1 atom stereocenters. The summed E-state index contributed by atoms with van der Waals surface area (Å²) in [7, 11) is 0. The van der Waals surface area contributed by atoms with E-state index >= 15 is 0 Å². The monoisotopic (exact) mass is 404 g/mol. The number of hydrogen-bond acceptors (Lipinski definition) is 5. The molecule has 0 aliphatic carbocycles. The number of nitrogens with one attached hydrogen (secondary N) is 1. The van der Waals surface area contributed by atoms with Gasteiger partial charge in [-0.1, -0.05) is 36.4 Å². The molecule has 0 bridgehead atoms. The van der Waals surface area contributed by atoms with Crippen molar-refractivity contribution in [2.75, 3.05) is 5.73 Å². The largest absolute Gasteiger partial charge is 0.508 e. The summed E-state index contributed by atoms with van der Waals surface area (Å²) in [4.78, 5) is 37.0. The molecule has 0 radical (unpaired) electrons. The van der Waals surface area contributed by atoms with Gasteiger partial charge in [0.2, 0.25) is 0 Å². The number of benzene rings is 3. The predicted octanol–water partition coefficient (Wildman–Crippen LogP) is 2.90. The number of ketones is 1. The number of amides is 1. The second-order valence-corrected chi connectivity index (χ2v) is 6.73. The predicted molar refractivity (Wildman–Crippen MR) is 112 cm³/mol. The highest BCUT2D eigenvalue weighted by atomic mass is 16.4. The highest BCUT2D eigenvalue weighted by Crippen LogP contribution is 2.18. The molecule has 0 spiro atoms. The molecule has 3 rings (SSSR count). The Morgan fingerprint density at radius 3 is 2.17 bits per heavy atom. The highest BCUT2D eigenvalue weighted by molar-refractivity contribution is 6.06. The number of aromatic carboxylic acids is 1. The molecule has 3 aromatic carbocycles. The van der Waals surface area contributed by atoms with Crippen molar-refractivity contribution in [2.45, 2.75) is 12.5 Å². The Balaban J connectivity index is 1.90. The number of phenolic OH excluding ortho intramolecular Hbond substituents is 1. The SMILES string of the molecule is Nc1cc(C(=O)C(Cc2ccc(O)cc2)NC(=O)c2ccccc2)ccc1C(=O)O. The third-order valence-electron chi connectivity index (χ3n) is 4.60. The molecular weight excluding hydrogens is 384 g/mol. The molecule has 1 amide bonds. The van der Waals surface area contributed by atoms with Crippen molar-refractivity contribution in [2.24, 2.45) is 0 Å². The van der Waals surface area contributed by atoms with Gasteiger partial charge in [0.15, 0.2) is 5.78 Å². The summed E-state index contributed by atoms with van der Waals surface area (Å²) in [5, 5.41) is 21.3. The number of nitrogen functional groups attached to an aromatic ring is 1. The van der Waals surface area contributed by atoms with E-state index in [0.717, 1.165) is 5.56 Å². The van der Waals surface area contributed by atoms with Crippen molar-refractivity contribution in [3.05, 3.63) is 95.1 Å². The Labute approximate surface area is 172 Å². The number of Topliss-reactive ketones (excluding diaryl/α,β-unsaturated/α-hetero) is 1. The summed E-state index contributed by atoms with van der Waals surface area (Å²) in [6, 6.07) is 17.8. The average molecular weight is 404 g/mol. The van der Waals surface area contributed by atoms with Gasteiger partial charge in [-0.15, -0.1) is 0 Å². The number of nitrogens with two attached hydrogens (primary N) is 1. The summed E-state index contributed by atoms with van der Waals surface area (Å²) in [5.41, 5.74) is 6.96. The molecule has 152 valence electrons. The number of anilines is 1. The second kappa shape index (κ2) is 8.91. The quantitative estimate of drug-likeness (QED) is 0.354. The van der Waals surface area contributed by atoms with Gasteiger partial charge >= 0.3 is 5.97 Å². The van der Waals surface area contributed by atoms with Gasteiger partial charge in [-0.25, -0.2) is 4.79 Å². The minimum Gasteiger partial charge on any atom is -0.508 e. The fraction of sp³-hybridized carbons (Fsp3) is 0.0870. The van der Waals surface area contributed by atoms with Gasteiger partial charge < -0.3 is 21.3 Å². The Kier molecular flexibility index (Phi) is 6.12. The number of rotatable bonds is 7. The van der Waals surface area contributed by atoms with E-state index in [-0.39, 0.29) is 29.0 Å². The highest BCUT2D eigenvalue weighted by Gasteiger charge is 2.24. The number of carboxylic acid groups (broad SMARTS) is 1. The minimum absolute atomic E-state index is 0.0360. The Bertz CT molecular complexity index is 1080. The first-order valence-corrected chi connectivity index (χ1v) is 9.16. The molecule has 1 unspecified atom stereocenters. The Hall–Kier alpha value is -4.13. The molecule has 0 aliphatic rings.